The molecule has 0 bridgehead atoms. The summed E-state index contributed by atoms with van der Waals surface area (Å²) >= 11 is 0. The number of aliphatic hydroxyl groups is 1. The third-order valence-electron chi connectivity index (χ3n) is 0.723. The van der Waals surface area contributed by atoms with Crippen LogP contribution in [0.5, 0.6) is 0 Å². The van der Waals surface area contributed by atoms with E-state index in [1.807, 2.05) is 0 Å². The fourth-order valence-corrected chi connectivity index (χ4v) is 0.235. The maximum Gasteiger partial charge on any atom is 0.317 e. The monoisotopic (exact) mass is 194 g/mol. The predicted molar refractivity (Wildman–Crippen MR) is 44.0 cm³/mol. The van der Waals surface area contributed by atoms with E-state index in [-0.39, 0.29) is 13.1 Å². The molecule has 0 spiro atoms. The lowest BCUT2D eigenvalue weighted by molar-refractivity contribution is -0.137. The van der Waals surface area contributed by atoms with Gasteiger partial charge in [-0.1, -0.05) is 0 Å². The highest BCUT2D eigenvalue weighted by Gasteiger charge is 1.96. The van der Waals surface area contributed by atoms with Gasteiger partial charge < -0.3 is 21.1 Å². The van der Waals surface area contributed by atoms with Gasteiger partial charge in [-0.3, -0.25) is 14.9 Å². The Morgan fingerprint density at radius 3 is 1.85 bits per heavy atom. The second kappa shape index (κ2) is 8.91. The van der Waals surface area contributed by atoms with Gasteiger partial charge in [0.2, 0.25) is 0 Å². The predicted octanol–water partition coefficient (Wildman–Crippen LogP) is -1.97. The topological polar surface area (TPSA) is 133 Å². The Bertz CT molecular complexity index is 159. The van der Waals surface area contributed by atoms with Crippen LogP contribution in [-0.2, 0) is 9.59 Å². The number of nitrogens with one attached hydrogen (secondary N) is 1. The van der Waals surface area contributed by atoms with Crippen LogP contribution < -0.4 is 11.1 Å². The van der Waals surface area contributed by atoms with Crippen molar-refractivity contribution < 1.29 is 24.9 Å². The van der Waals surface area contributed by atoms with E-state index in [0.29, 0.717) is 0 Å². The average Bonchev–Trinajstić information content (AvgIpc) is 2.02. The third-order valence-corrected chi connectivity index (χ3v) is 0.723. The number of carbonyl (C=O) groups is 2. The quantitative estimate of drug-likeness (QED) is 0.328. The van der Waals surface area contributed by atoms with E-state index in [4.69, 9.17) is 15.3 Å². The van der Waals surface area contributed by atoms with E-state index >= 15 is 0 Å². The fourth-order valence-electron chi connectivity index (χ4n) is 0.235. The van der Waals surface area contributed by atoms with Crippen LogP contribution in [0.1, 0.15) is 6.92 Å². The molecule has 0 saturated heterocycles. The molecule has 0 aliphatic carbocycles. The van der Waals surface area contributed by atoms with E-state index in [0.717, 1.165) is 0 Å². The molecule has 0 aromatic heterocycles. The zero-order valence-electron chi connectivity index (χ0n) is 7.23. The van der Waals surface area contributed by atoms with Crippen molar-refractivity contribution in [2.45, 2.75) is 13.2 Å². The van der Waals surface area contributed by atoms with Crippen LogP contribution >= 0.6 is 0 Å². The molecular weight excluding hydrogens is 180 g/mol. The van der Waals surface area contributed by atoms with Gasteiger partial charge in [-0.15, -0.1) is 0 Å². The zero-order chi connectivity index (χ0) is 10.9. The van der Waals surface area contributed by atoms with Crippen molar-refractivity contribution in [1.82, 2.24) is 5.32 Å². The van der Waals surface area contributed by atoms with Crippen LogP contribution in [0.2, 0.25) is 0 Å². The molecule has 1 atom stereocenters. The summed E-state index contributed by atoms with van der Waals surface area (Å²) in [6, 6.07) is 0. The Labute approximate surface area is 75.2 Å². The number of aliphatic carboxylic acids is 2. The molecule has 13 heavy (non-hydrogen) atoms. The molecule has 0 aromatic carbocycles. The molecule has 7 heteroatoms. The lowest BCUT2D eigenvalue weighted by atomic mass is 10.6. The van der Waals surface area contributed by atoms with Gasteiger partial charge in [-0.05, 0) is 6.92 Å². The maximum absolute atomic E-state index is 9.73. The van der Waals surface area contributed by atoms with Gasteiger partial charge in [0.15, 0.2) is 0 Å². The van der Waals surface area contributed by atoms with Crippen LogP contribution in [0, 0.1) is 0 Å². The van der Waals surface area contributed by atoms with Crippen molar-refractivity contribution in [2.75, 3.05) is 13.1 Å². The van der Waals surface area contributed by atoms with Gasteiger partial charge in [0.1, 0.15) is 6.23 Å². The molecule has 7 nitrogen and oxygen atoms in total. The maximum atomic E-state index is 9.73. The number of rotatable bonds is 4. The summed E-state index contributed by atoms with van der Waals surface area (Å²) in [4.78, 5) is 19.0. The Balaban J connectivity index is 0. The Kier molecular flexibility index (Phi) is 9.84. The number of hydrogen-bond donors (Lipinski definition) is 5. The third kappa shape index (κ3) is 24.8. The number of carboxylic acids is 2. The molecule has 1 unspecified atom stereocenters. The van der Waals surface area contributed by atoms with Gasteiger partial charge >= 0.3 is 11.9 Å². The molecule has 0 amide bonds. The average molecular weight is 194 g/mol. The SMILES string of the molecule is CC(O)NCC(=O)O.NCC(=O)O. The molecule has 0 radical (unpaired) electrons. The molecule has 78 valence electrons. The van der Waals surface area contributed by atoms with Crippen LogP contribution in [-0.4, -0.2) is 46.6 Å². The summed E-state index contributed by atoms with van der Waals surface area (Å²) < 4.78 is 0. The lowest BCUT2D eigenvalue weighted by Crippen LogP contribution is -2.30. The van der Waals surface area contributed by atoms with Crippen LogP contribution in [0.15, 0.2) is 0 Å². The molecule has 0 aliphatic rings. The smallest absolute Gasteiger partial charge is 0.317 e. The van der Waals surface area contributed by atoms with Gasteiger partial charge in [0.25, 0.3) is 0 Å². The van der Waals surface area contributed by atoms with Crippen molar-refractivity contribution in [2.24, 2.45) is 5.73 Å². The van der Waals surface area contributed by atoms with E-state index < -0.39 is 18.2 Å². The minimum atomic E-state index is -0.968. The summed E-state index contributed by atoms with van der Waals surface area (Å²) in [7, 11) is 0. The van der Waals surface area contributed by atoms with Gasteiger partial charge in [0.05, 0.1) is 13.1 Å². The molecule has 0 aliphatic heterocycles. The molecule has 6 N–H and O–H groups in total. The highest BCUT2D eigenvalue weighted by atomic mass is 16.4. The summed E-state index contributed by atoms with van der Waals surface area (Å²) in [5.41, 5.74) is 4.57. The Morgan fingerprint density at radius 1 is 1.38 bits per heavy atom. The fraction of sp³-hybridized carbons (Fsp3) is 0.667. The largest absolute Gasteiger partial charge is 0.480 e. The van der Waals surface area contributed by atoms with E-state index in [1.165, 1.54) is 6.92 Å². The second-order valence-corrected chi connectivity index (χ2v) is 2.05. The minimum Gasteiger partial charge on any atom is -0.480 e. The molecule has 0 aromatic rings. The summed E-state index contributed by atoms with van der Waals surface area (Å²) in [5, 5.41) is 26.3. The first-order valence-electron chi connectivity index (χ1n) is 3.45. The molecule has 0 rings (SSSR count). The molecule has 0 fully saturated rings. The summed E-state index contributed by atoms with van der Waals surface area (Å²) in [6.07, 6.45) is -0.744. The first-order valence-corrected chi connectivity index (χ1v) is 3.45. The number of aliphatic hydroxyl groups excluding tert-OH is 1. The van der Waals surface area contributed by atoms with Crippen LogP contribution in [0.3, 0.4) is 0 Å². The summed E-state index contributed by atoms with van der Waals surface area (Å²) in [5.74, 6) is -1.93. The van der Waals surface area contributed by atoms with Crippen LogP contribution in [0.4, 0.5) is 0 Å². The first kappa shape index (κ1) is 14.3. The standard InChI is InChI=1S/C4H9NO3.C2H5NO2/c1-3(6)5-2-4(7)8;3-1-2(4)5/h3,5-6H,2H2,1H3,(H,7,8);1,3H2,(H,4,5). The van der Waals surface area contributed by atoms with Crippen molar-refractivity contribution in [3.05, 3.63) is 0 Å². The Hall–Kier alpha value is -1.18. The number of carboxylic acid groups (broad SMARTS) is 2. The van der Waals surface area contributed by atoms with E-state index in [2.05, 4.69) is 11.1 Å². The van der Waals surface area contributed by atoms with E-state index in [1.54, 1.807) is 0 Å². The van der Waals surface area contributed by atoms with Gasteiger partial charge in [-0.2, -0.15) is 0 Å². The second-order valence-electron chi connectivity index (χ2n) is 2.05. The highest BCUT2D eigenvalue weighted by Crippen LogP contribution is 1.68. The van der Waals surface area contributed by atoms with E-state index in [9.17, 15) is 9.59 Å². The lowest BCUT2D eigenvalue weighted by Gasteiger charge is -2.01. The van der Waals surface area contributed by atoms with Crippen LogP contribution in [0.25, 0.3) is 0 Å². The highest BCUT2D eigenvalue weighted by molar-refractivity contribution is 5.69. The molecule has 0 saturated carbocycles. The van der Waals surface area contributed by atoms with Crippen molar-refractivity contribution >= 4 is 11.9 Å². The van der Waals surface area contributed by atoms with Gasteiger partial charge in [0, 0.05) is 0 Å². The Morgan fingerprint density at radius 2 is 1.77 bits per heavy atom. The van der Waals surface area contributed by atoms with Crippen molar-refractivity contribution in [1.29, 1.82) is 0 Å². The molecule has 0 heterocycles. The minimum absolute atomic E-state index is 0.197. The number of nitrogens with two attached hydrogens (primary N) is 1. The first-order chi connectivity index (χ1) is 5.90. The zero-order valence-corrected chi connectivity index (χ0v) is 7.23. The number of hydrogen-bond acceptors (Lipinski definition) is 5. The normalized spacial score (nSPS) is 11.0. The molecular formula is C6H14N2O5. The van der Waals surface area contributed by atoms with Crippen molar-refractivity contribution in [3.63, 3.8) is 0 Å². The summed E-state index contributed by atoms with van der Waals surface area (Å²) in [6.45, 7) is 0.987. The van der Waals surface area contributed by atoms with Crippen molar-refractivity contribution in [3.8, 4) is 0 Å². The van der Waals surface area contributed by atoms with Gasteiger partial charge in [-0.25, -0.2) is 0 Å².